The molecule has 0 aliphatic carbocycles. The minimum atomic E-state index is 0.311. The Morgan fingerprint density at radius 3 is 3.21 bits per heavy atom. The smallest absolute Gasteiger partial charge is 0.189 e. The molecule has 0 fully saturated rings. The Kier molecular flexibility index (Phi) is 2.65. The number of aromatic nitrogens is 1. The predicted octanol–water partition coefficient (Wildman–Crippen LogP) is 1.40. The summed E-state index contributed by atoms with van der Waals surface area (Å²) in [7, 11) is 1.66. The Hall–Kier alpha value is -1.13. The molecule has 1 aromatic rings. The first-order chi connectivity index (χ1) is 6.83. The maximum absolute atomic E-state index is 5.40. The summed E-state index contributed by atoms with van der Waals surface area (Å²) in [4.78, 5) is 4.25. The highest BCUT2D eigenvalue weighted by Gasteiger charge is 2.17. The maximum atomic E-state index is 5.40. The molecular weight excluding hydrogens is 182 g/mol. The van der Waals surface area contributed by atoms with Crippen LogP contribution >= 0.6 is 0 Å². The fraction of sp³-hybridized carbons (Fsp3) is 0.500. The summed E-state index contributed by atoms with van der Waals surface area (Å²) < 4.78 is 15.7. The second kappa shape index (κ2) is 3.94. The maximum Gasteiger partial charge on any atom is 0.189 e. The molecule has 0 bridgehead atoms. The summed E-state index contributed by atoms with van der Waals surface area (Å²) in [6.45, 7) is 3.37. The van der Waals surface area contributed by atoms with Gasteiger partial charge in [0.1, 0.15) is 5.75 Å². The van der Waals surface area contributed by atoms with E-state index < -0.39 is 0 Å². The number of methoxy groups -OCH3 is 1. The average Bonchev–Trinajstić information content (AvgIpc) is 2.23. The van der Waals surface area contributed by atoms with Crippen LogP contribution in [0, 0.1) is 6.92 Å². The van der Waals surface area contributed by atoms with Gasteiger partial charge in [0.2, 0.25) is 0 Å². The van der Waals surface area contributed by atoms with Crippen molar-refractivity contribution in [3.05, 3.63) is 23.0 Å². The quantitative estimate of drug-likeness (QED) is 0.715. The van der Waals surface area contributed by atoms with Crippen molar-refractivity contribution in [1.29, 1.82) is 0 Å². The second-order valence-electron chi connectivity index (χ2n) is 3.22. The molecule has 2 rings (SSSR count). The van der Waals surface area contributed by atoms with E-state index in [1.807, 2.05) is 13.1 Å². The molecule has 0 unspecified atom stereocenters. The Balaban J connectivity index is 2.42. The molecule has 0 spiro atoms. The van der Waals surface area contributed by atoms with Crippen molar-refractivity contribution >= 4 is 0 Å². The lowest BCUT2D eigenvalue weighted by atomic mass is 10.1. The molecule has 4 heteroatoms. The van der Waals surface area contributed by atoms with Gasteiger partial charge in [-0.3, -0.25) is 4.98 Å². The number of hydrogen-bond acceptors (Lipinski definition) is 4. The van der Waals surface area contributed by atoms with E-state index in [1.54, 1.807) is 7.11 Å². The third-order valence-electron chi connectivity index (χ3n) is 2.24. The van der Waals surface area contributed by atoms with Gasteiger partial charge in [0.15, 0.2) is 6.79 Å². The van der Waals surface area contributed by atoms with Gasteiger partial charge in [0.25, 0.3) is 0 Å². The van der Waals surface area contributed by atoms with Crippen molar-refractivity contribution < 1.29 is 14.2 Å². The van der Waals surface area contributed by atoms with Gasteiger partial charge >= 0.3 is 0 Å². The highest BCUT2D eigenvalue weighted by molar-refractivity contribution is 5.41. The number of rotatable bonds is 2. The zero-order chi connectivity index (χ0) is 9.97. The molecule has 76 valence electrons. The van der Waals surface area contributed by atoms with Crippen LogP contribution in [0.15, 0.2) is 6.20 Å². The minimum Gasteiger partial charge on any atom is -0.465 e. The van der Waals surface area contributed by atoms with Gasteiger partial charge in [-0.1, -0.05) is 0 Å². The first kappa shape index (κ1) is 9.43. The van der Waals surface area contributed by atoms with Gasteiger partial charge in [0.05, 0.1) is 18.9 Å². The topological polar surface area (TPSA) is 40.6 Å². The van der Waals surface area contributed by atoms with Crippen molar-refractivity contribution in [2.75, 3.05) is 13.9 Å². The molecule has 1 aliphatic rings. The van der Waals surface area contributed by atoms with Crippen LogP contribution in [0.5, 0.6) is 5.75 Å². The standard InChI is InChI=1S/C10H13NO3/c1-7-10-9(5-13-6-14-10)8(3-11-7)4-12-2/h3H,4-6H2,1-2H3. The molecule has 0 atom stereocenters. The first-order valence-corrected chi connectivity index (χ1v) is 4.49. The molecule has 2 heterocycles. The van der Waals surface area contributed by atoms with Crippen LogP contribution in [0.3, 0.4) is 0 Å². The summed E-state index contributed by atoms with van der Waals surface area (Å²) in [5.74, 6) is 0.853. The second-order valence-corrected chi connectivity index (χ2v) is 3.22. The molecule has 0 saturated heterocycles. The summed E-state index contributed by atoms with van der Waals surface area (Å²) in [6.07, 6.45) is 1.82. The minimum absolute atomic E-state index is 0.311. The lowest BCUT2D eigenvalue weighted by molar-refractivity contribution is -0.0184. The predicted molar refractivity (Wildman–Crippen MR) is 50.0 cm³/mol. The van der Waals surface area contributed by atoms with Crippen molar-refractivity contribution in [3.63, 3.8) is 0 Å². The zero-order valence-electron chi connectivity index (χ0n) is 8.37. The van der Waals surface area contributed by atoms with Gasteiger partial charge in [-0.25, -0.2) is 0 Å². The van der Waals surface area contributed by atoms with Gasteiger partial charge in [-0.15, -0.1) is 0 Å². The van der Waals surface area contributed by atoms with Crippen LogP contribution < -0.4 is 4.74 Å². The molecular formula is C10H13NO3. The highest BCUT2D eigenvalue weighted by Crippen LogP contribution is 2.29. The lowest BCUT2D eigenvalue weighted by Gasteiger charge is -2.21. The number of nitrogens with zero attached hydrogens (tertiary/aromatic N) is 1. The van der Waals surface area contributed by atoms with Crippen molar-refractivity contribution in [2.24, 2.45) is 0 Å². The van der Waals surface area contributed by atoms with Crippen LogP contribution in [-0.2, 0) is 22.7 Å². The SMILES string of the molecule is COCc1cnc(C)c2c1COCO2. The molecule has 0 radical (unpaired) electrons. The number of ether oxygens (including phenoxy) is 3. The lowest BCUT2D eigenvalue weighted by Crippen LogP contribution is -2.15. The number of fused-ring (bicyclic) bond motifs is 1. The van der Waals surface area contributed by atoms with Crippen LogP contribution in [0.2, 0.25) is 0 Å². The van der Waals surface area contributed by atoms with E-state index in [0.29, 0.717) is 20.0 Å². The summed E-state index contributed by atoms with van der Waals surface area (Å²) in [5.41, 5.74) is 3.00. The molecule has 4 nitrogen and oxygen atoms in total. The number of pyridine rings is 1. The average molecular weight is 195 g/mol. The van der Waals surface area contributed by atoms with Gasteiger partial charge in [-0.05, 0) is 6.92 Å². The Morgan fingerprint density at radius 2 is 2.43 bits per heavy atom. The Labute approximate surface area is 82.8 Å². The fourth-order valence-electron chi connectivity index (χ4n) is 1.55. The molecule has 0 saturated carbocycles. The monoisotopic (exact) mass is 195 g/mol. The van der Waals surface area contributed by atoms with Crippen molar-refractivity contribution in [1.82, 2.24) is 4.98 Å². The summed E-state index contributed by atoms with van der Waals surface area (Å²) in [6, 6.07) is 0. The van der Waals surface area contributed by atoms with Crippen molar-refractivity contribution in [2.45, 2.75) is 20.1 Å². The molecule has 0 N–H and O–H groups in total. The normalized spacial score (nSPS) is 14.7. The number of aryl methyl sites for hydroxylation is 1. The molecule has 14 heavy (non-hydrogen) atoms. The van der Waals surface area contributed by atoms with E-state index >= 15 is 0 Å². The third-order valence-corrected chi connectivity index (χ3v) is 2.24. The van der Waals surface area contributed by atoms with E-state index in [4.69, 9.17) is 14.2 Å². The van der Waals surface area contributed by atoms with E-state index in [9.17, 15) is 0 Å². The van der Waals surface area contributed by atoms with Crippen LogP contribution in [0.25, 0.3) is 0 Å². The zero-order valence-corrected chi connectivity index (χ0v) is 8.37. The van der Waals surface area contributed by atoms with Crippen LogP contribution in [0.4, 0.5) is 0 Å². The Morgan fingerprint density at radius 1 is 1.57 bits per heavy atom. The van der Waals surface area contributed by atoms with Gasteiger partial charge in [0, 0.05) is 24.4 Å². The number of hydrogen-bond donors (Lipinski definition) is 0. The fourth-order valence-corrected chi connectivity index (χ4v) is 1.55. The van der Waals surface area contributed by atoms with E-state index in [-0.39, 0.29) is 0 Å². The van der Waals surface area contributed by atoms with E-state index in [2.05, 4.69) is 4.98 Å². The molecule has 1 aliphatic heterocycles. The van der Waals surface area contributed by atoms with E-state index in [0.717, 1.165) is 22.6 Å². The summed E-state index contributed by atoms with van der Waals surface area (Å²) >= 11 is 0. The van der Waals surface area contributed by atoms with E-state index in [1.165, 1.54) is 0 Å². The first-order valence-electron chi connectivity index (χ1n) is 4.49. The highest BCUT2D eigenvalue weighted by atomic mass is 16.7. The largest absolute Gasteiger partial charge is 0.465 e. The molecule has 0 amide bonds. The Bertz CT molecular complexity index is 338. The van der Waals surface area contributed by atoms with Gasteiger partial charge in [-0.2, -0.15) is 0 Å². The van der Waals surface area contributed by atoms with Crippen molar-refractivity contribution in [3.8, 4) is 5.75 Å². The summed E-state index contributed by atoms with van der Waals surface area (Å²) in [5, 5.41) is 0. The third kappa shape index (κ3) is 1.58. The van der Waals surface area contributed by atoms with Crippen LogP contribution in [-0.4, -0.2) is 18.9 Å². The molecule has 0 aromatic carbocycles. The van der Waals surface area contributed by atoms with Gasteiger partial charge < -0.3 is 14.2 Å². The molecule has 1 aromatic heterocycles. The van der Waals surface area contributed by atoms with Crippen LogP contribution in [0.1, 0.15) is 16.8 Å².